The molecule has 0 aromatic heterocycles. The van der Waals surface area contributed by atoms with Crippen LogP contribution < -0.4 is 22.9 Å². The Morgan fingerprint density at radius 3 is 1.06 bits per heavy atom. The third-order valence-corrected chi connectivity index (χ3v) is 4.59. The van der Waals surface area contributed by atoms with Gasteiger partial charge in [0.05, 0.1) is 39.3 Å². The van der Waals surface area contributed by atoms with E-state index >= 15 is 0 Å². The van der Waals surface area contributed by atoms with Crippen LogP contribution in [0, 0.1) is 0 Å². The molecule has 0 amide bonds. The van der Waals surface area contributed by atoms with E-state index in [1.165, 1.54) is 14.2 Å². The Balaban J connectivity index is -0.000000701. The summed E-state index contributed by atoms with van der Waals surface area (Å²) < 4.78 is 9.03. The van der Waals surface area contributed by atoms with Crippen LogP contribution in [0.1, 0.15) is 51.4 Å². The van der Waals surface area contributed by atoms with Gasteiger partial charge in [0.25, 0.3) is 0 Å². The van der Waals surface area contributed by atoms with Crippen molar-refractivity contribution in [2.24, 2.45) is 22.9 Å². The number of carbonyl (C=O) groups excluding carboxylic acids is 3. The number of esters is 2. The maximum atomic E-state index is 12.1. The maximum absolute atomic E-state index is 12.1. The van der Waals surface area contributed by atoms with Crippen LogP contribution in [-0.2, 0) is 23.9 Å². The first kappa shape index (κ1) is 43.6. The van der Waals surface area contributed by atoms with Gasteiger partial charge in [-0.1, -0.05) is 0 Å². The van der Waals surface area contributed by atoms with Crippen molar-refractivity contribution in [2.45, 2.75) is 87.7 Å². The van der Waals surface area contributed by atoms with Crippen LogP contribution in [0.15, 0.2) is 0 Å². The van der Waals surface area contributed by atoms with Crippen molar-refractivity contribution in [3.8, 4) is 0 Å². The number of Topliss-reactive ketones (excluding diaryl/α,β-unsaturated/α-hetero) is 1. The fourth-order valence-corrected chi connectivity index (χ4v) is 3.19. The molecule has 10 N–H and O–H groups in total. The standard InChI is InChI=1S/C19H38N4O7.4ClH/c1-29-18(27)9-13(22)7-16(25)5-11(20)3-15(24)4-12(21)6-17(26)8-14(23)10-19(28)30-2;;;;/h11-14,16-17,25-26H,3-10,20-23H2,1-2H3;4*1H. The zero-order valence-electron chi connectivity index (χ0n) is 19.5. The summed E-state index contributed by atoms with van der Waals surface area (Å²) in [5, 5.41) is 20.1. The third-order valence-electron chi connectivity index (χ3n) is 4.59. The van der Waals surface area contributed by atoms with E-state index in [1.807, 2.05) is 0 Å². The predicted molar refractivity (Wildman–Crippen MR) is 139 cm³/mol. The summed E-state index contributed by atoms with van der Waals surface area (Å²) in [5.41, 5.74) is 23.4. The number of carbonyl (C=O) groups is 3. The largest absolute Gasteiger partial charge is 0.469 e. The fourth-order valence-electron chi connectivity index (χ4n) is 3.19. The van der Waals surface area contributed by atoms with Crippen LogP contribution >= 0.6 is 49.6 Å². The quantitative estimate of drug-likeness (QED) is 0.131. The Kier molecular flexibility index (Phi) is 31.1. The van der Waals surface area contributed by atoms with Crippen LogP contribution in [0.4, 0.5) is 0 Å². The monoisotopic (exact) mass is 578 g/mol. The average Bonchev–Trinajstić information content (AvgIpc) is 2.59. The summed E-state index contributed by atoms with van der Waals surface area (Å²) in [5.74, 6) is -1.11. The lowest BCUT2D eigenvalue weighted by molar-refractivity contribution is -0.142. The van der Waals surface area contributed by atoms with Gasteiger partial charge in [0.15, 0.2) is 0 Å². The summed E-state index contributed by atoms with van der Waals surface area (Å²) in [4.78, 5) is 34.5. The molecule has 0 aromatic carbocycles. The Bertz CT molecular complexity index is 509. The van der Waals surface area contributed by atoms with Gasteiger partial charge in [0, 0.05) is 37.0 Å². The minimum absolute atomic E-state index is 0. The number of ether oxygens (including phenoxy) is 2. The van der Waals surface area contributed by atoms with Crippen molar-refractivity contribution in [3.63, 3.8) is 0 Å². The molecule has 0 aromatic rings. The van der Waals surface area contributed by atoms with Gasteiger partial charge in [-0.3, -0.25) is 14.4 Å². The molecule has 0 aliphatic carbocycles. The van der Waals surface area contributed by atoms with E-state index in [0.29, 0.717) is 0 Å². The third kappa shape index (κ3) is 23.3. The summed E-state index contributed by atoms with van der Waals surface area (Å²) in [7, 11) is 2.51. The smallest absolute Gasteiger partial charge is 0.307 e. The van der Waals surface area contributed by atoms with Crippen molar-refractivity contribution in [3.05, 3.63) is 0 Å². The minimum Gasteiger partial charge on any atom is -0.469 e. The Morgan fingerprint density at radius 2 is 0.824 bits per heavy atom. The van der Waals surface area contributed by atoms with E-state index in [2.05, 4.69) is 9.47 Å². The summed E-state index contributed by atoms with van der Waals surface area (Å²) in [6.45, 7) is 0. The molecular weight excluding hydrogens is 538 g/mol. The van der Waals surface area contributed by atoms with Gasteiger partial charge in [0.2, 0.25) is 0 Å². The molecule has 6 unspecified atom stereocenters. The number of rotatable bonds is 16. The zero-order valence-corrected chi connectivity index (χ0v) is 22.8. The van der Waals surface area contributed by atoms with Crippen molar-refractivity contribution >= 4 is 67.3 Å². The van der Waals surface area contributed by atoms with Crippen molar-refractivity contribution in [2.75, 3.05) is 14.2 Å². The average molecular weight is 580 g/mol. The molecule has 0 aliphatic rings. The predicted octanol–water partition coefficient (Wildman–Crippen LogP) is -0.259. The summed E-state index contributed by atoms with van der Waals surface area (Å²) in [6.07, 6.45) is -1.04. The van der Waals surface area contributed by atoms with Gasteiger partial charge >= 0.3 is 11.9 Å². The molecule has 0 rings (SSSR count). The number of ketones is 1. The number of aliphatic hydroxyl groups is 2. The second-order valence-electron chi connectivity index (χ2n) is 7.80. The van der Waals surface area contributed by atoms with Gasteiger partial charge in [0.1, 0.15) is 5.78 Å². The van der Waals surface area contributed by atoms with Crippen molar-refractivity contribution in [1.29, 1.82) is 0 Å². The lowest BCUT2D eigenvalue weighted by Crippen LogP contribution is -2.36. The number of aliphatic hydroxyl groups excluding tert-OH is 2. The molecule has 0 heterocycles. The van der Waals surface area contributed by atoms with Crippen LogP contribution in [0.2, 0.25) is 0 Å². The highest BCUT2D eigenvalue weighted by molar-refractivity contribution is 5.86. The molecule has 0 fully saturated rings. The SMILES string of the molecule is COC(=O)CC(N)CC(O)CC(N)CC(=O)CC(N)CC(O)CC(N)CC(=O)OC.Cl.Cl.Cl.Cl. The van der Waals surface area contributed by atoms with Crippen LogP contribution in [0.25, 0.3) is 0 Å². The second kappa shape index (κ2) is 24.2. The molecule has 11 nitrogen and oxygen atoms in total. The van der Waals surface area contributed by atoms with E-state index < -0.39 is 48.3 Å². The first-order valence-corrected chi connectivity index (χ1v) is 10.0. The molecule has 0 saturated carbocycles. The van der Waals surface area contributed by atoms with Gasteiger partial charge < -0.3 is 42.6 Å². The second-order valence-corrected chi connectivity index (χ2v) is 7.80. The molecule has 208 valence electrons. The molecular formula is C19H42Cl4N4O7. The highest BCUT2D eigenvalue weighted by Crippen LogP contribution is 2.12. The van der Waals surface area contributed by atoms with Gasteiger partial charge in [-0.05, 0) is 25.7 Å². The van der Waals surface area contributed by atoms with Gasteiger partial charge in [-0.2, -0.15) is 0 Å². The zero-order chi connectivity index (χ0) is 23.3. The molecule has 6 atom stereocenters. The minimum atomic E-state index is -0.848. The Hall–Kier alpha value is -0.470. The van der Waals surface area contributed by atoms with E-state index in [1.54, 1.807) is 0 Å². The highest BCUT2D eigenvalue weighted by atomic mass is 35.5. The van der Waals surface area contributed by atoms with Crippen LogP contribution in [0.3, 0.4) is 0 Å². The van der Waals surface area contributed by atoms with E-state index in [9.17, 15) is 24.6 Å². The molecule has 0 saturated heterocycles. The van der Waals surface area contributed by atoms with E-state index in [-0.39, 0.29) is 107 Å². The van der Waals surface area contributed by atoms with Crippen LogP contribution in [-0.4, -0.2) is 78.5 Å². The lowest BCUT2D eigenvalue weighted by atomic mass is 9.94. The van der Waals surface area contributed by atoms with Crippen molar-refractivity contribution < 1.29 is 34.1 Å². The van der Waals surface area contributed by atoms with Crippen molar-refractivity contribution in [1.82, 2.24) is 0 Å². The number of halogens is 4. The van der Waals surface area contributed by atoms with Gasteiger partial charge in [-0.25, -0.2) is 0 Å². The van der Waals surface area contributed by atoms with E-state index in [4.69, 9.17) is 22.9 Å². The fraction of sp³-hybridized carbons (Fsp3) is 0.842. The molecule has 34 heavy (non-hydrogen) atoms. The topological polar surface area (TPSA) is 214 Å². The maximum Gasteiger partial charge on any atom is 0.307 e. The number of hydrogen-bond donors (Lipinski definition) is 6. The molecule has 0 bridgehead atoms. The summed E-state index contributed by atoms with van der Waals surface area (Å²) >= 11 is 0. The first-order valence-electron chi connectivity index (χ1n) is 10.0. The van der Waals surface area contributed by atoms with E-state index in [0.717, 1.165) is 0 Å². The normalized spacial score (nSPS) is 15.3. The first-order chi connectivity index (χ1) is 14.0. The number of methoxy groups -OCH3 is 2. The number of nitrogens with two attached hydrogens (primary N) is 4. The lowest BCUT2D eigenvalue weighted by Gasteiger charge is -2.21. The molecule has 15 heteroatoms. The van der Waals surface area contributed by atoms with Crippen LogP contribution in [0.5, 0.6) is 0 Å². The molecule has 0 spiro atoms. The highest BCUT2D eigenvalue weighted by Gasteiger charge is 2.22. The number of hydrogen-bond acceptors (Lipinski definition) is 11. The molecule has 0 radical (unpaired) electrons. The molecule has 0 aliphatic heterocycles. The Labute approximate surface area is 226 Å². The summed E-state index contributed by atoms with van der Waals surface area (Å²) in [6, 6.07) is -2.28. The van der Waals surface area contributed by atoms with Gasteiger partial charge in [-0.15, -0.1) is 49.6 Å². The Morgan fingerprint density at radius 1 is 0.588 bits per heavy atom.